The van der Waals surface area contributed by atoms with Gasteiger partial charge < -0.3 is 9.13 Å². The minimum Gasteiger partial charge on any atom is -0.307 e. The third kappa shape index (κ3) is 4.05. The number of rotatable bonds is 8. The van der Waals surface area contributed by atoms with Gasteiger partial charge in [0.05, 0.1) is 0 Å². The Morgan fingerprint density at radius 1 is 0.579 bits per heavy atom. The monoisotopic (exact) mass is 286 g/mol. The van der Waals surface area contributed by atoms with Gasteiger partial charge in [0.1, 0.15) is 0 Å². The average molecular weight is 287 g/mol. The smallest absolute Gasteiger partial charge is 0.207 e. The molecule has 3 heteroatoms. The first kappa shape index (κ1) is 19.1. The molecule has 0 unspecified atom stereocenters. The fraction of sp³-hybridized carbons (Fsp3) is 1.00. The van der Waals surface area contributed by atoms with Crippen LogP contribution in [0.2, 0.25) is 12.1 Å². The van der Waals surface area contributed by atoms with Crippen molar-refractivity contribution in [3.8, 4) is 0 Å². The molecule has 0 amide bonds. The molecule has 0 rings (SSSR count). The summed E-state index contributed by atoms with van der Waals surface area (Å²) in [6, 6.07) is 5.16. The van der Waals surface area contributed by atoms with Crippen molar-refractivity contribution in [2.24, 2.45) is 0 Å². The lowest BCUT2D eigenvalue weighted by Crippen LogP contribution is -2.71. The Morgan fingerprint density at radius 3 is 0.895 bits per heavy atom. The van der Waals surface area contributed by atoms with E-state index in [2.05, 4.69) is 78.4 Å². The van der Waals surface area contributed by atoms with Crippen LogP contribution in [0.25, 0.3) is 0 Å². The van der Waals surface area contributed by atoms with Crippen LogP contribution in [0.15, 0.2) is 0 Å². The van der Waals surface area contributed by atoms with Crippen LogP contribution < -0.4 is 0 Å². The highest BCUT2D eigenvalue weighted by Crippen LogP contribution is 2.32. The largest absolute Gasteiger partial charge is 0.307 e. The topological polar surface area (TPSA) is 6.48 Å². The minimum absolute atomic E-state index is 0.631. The standard InChI is InChI=1S/C16H38N2Si/c1-11-19(12-2,17(13(3)4)14(5)6)18(15(7)8)16(9)10/h13-16H,11-12H2,1-10H3. The van der Waals surface area contributed by atoms with Crippen molar-refractivity contribution in [1.82, 2.24) is 9.13 Å². The summed E-state index contributed by atoms with van der Waals surface area (Å²) >= 11 is 0. The molecule has 0 heterocycles. The van der Waals surface area contributed by atoms with Crippen LogP contribution in [0.5, 0.6) is 0 Å². The molecule has 0 radical (unpaired) electrons. The van der Waals surface area contributed by atoms with Gasteiger partial charge in [0.2, 0.25) is 8.40 Å². The molecule has 0 spiro atoms. The zero-order chi connectivity index (χ0) is 15.4. The first-order valence-electron chi connectivity index (χ1n) is 8.22. The van der Waals surface area contributed by atoms with E-state index in [1.807, 2.05) is 0 Å². The van der Waals surface area contributed by atoms with Crippen molar-refractivity contribution < 1.29 is 0 Å². The van der Waals surface area contributed by atoms with Gasteiger partial charge in [-0.15, -0.1) is 0 Å². The lowest BCUT2D eigenvalue weighted by Gasteiger charge is -2.55. The van der Waals surface area contributed by atoms with E-state index in [1.54, 1.807) is 0 Å². The van der Waals surface area contributed by atoms with E-state index in [-0.39, 0.29) is 0 Å². The van der Waals surface area contributed by atoms with Crippen LogP contribution in [0.4, 0.5) is 0 Å². The first-order chi connectivity index (χ1) is 8.65. The van der Waals surface area contributed by atoms with Crippen molar-refractivity contribution in [3.05, 3.63) is 0 Å². The summed E-state index contributed by atoms with van der Waals surface area (Å²) in [6.07, 6.45) is 0. The lowest BCUT2D eigenvalue weighted by molar-refractivity contribution is 0.202. The molecule has 0 aromatic carbocycles. The van der Waals surface area contributed by atoms with E-state index in [4.69, 9.17) is 0 Å². The molecule has 0 saturated heterocycles. The Morgan fingerprint density at radius 2 is 0.789 bits per heavy atom. The molecule has 0 fully saturated rings. The zero-order valence-corrected chi connectivity index (χ0v) is 16.1. The van der Waals surface area contributed by atoms with Gasteiger partial charge in [-0.3, -0.25) is 0 Å². The van der Waals surface area contributed by atoms with Gasteiger partial charge in [-0.05, 0) is 36.3 Å². The van der Waals surface area contributed by atoms with Crippen LogP contribution in [0.3, 0.4) is 0 Å². The zero-order valence-electron chi connectivity index (χ0n) is 15.1. The first-order valence-corrected chi connectivity index (χ1v) is 10.5. The Kier molecular flexibility index (Phi) is 7.85. The average Bonchev–Trinajstić information content (AvgIpc) is 2.25. The Bertz CT molecular complexity index is 207. The Balaban J connectivity index is 5.78. The van der Waals surface area contributed by atoms with Crippen molar-refractivity contribution in [2.75, 3.05) is 0 Å². The number of nitrogens with zero attached hydrogens (tertiary/aromatic N) is 2. The van der Waals surface area contributed by atoms with Crippen molar-refractivity contribution in [2.45, 2.75) is 105 Å². The molecule has 0 bridgehead atoms. The number of hydrogen-bond donors (Lipinski definition) is 0. The molecule has 0 aliphatic rings. The molecule has 0 aromatic heterocycles. The molecule has 0 aliphatic carbocycles. The molecule has 0 aliphatic heterocycles. The summed E-state index contributed by atoms with van der Waals surface area (Å²) in [5, 5.41) is 0. The molecular weight excluding hydrogens is 248 g/mol. The molecule has 19 heavy (non-hydrogen) atoms. The second kappa shape index (κ2) is 7.80. The predicted molar refractivity (Wildman–Crippen MR) is 90.9 cm³/mol. The Hall–Kier alpha value is 0.137. The van der Waals surface area contributed by atoms with Crippen LogP contribution in [0.1, 0.15) is 69.2 Å². The van der Waals surface area contributed by atoms with Crippen LogP contribution in [-0.2, 0) is 0 Å². The molecule has 0 saturated carbocycles. The highest BCUT2D eigenvalue weighted by molar-refractivity contribution is 6.74. The van der Waals surface area contributed by atoms with Gasteiger partial charge >= 0.3 is 0 Å². The fourth-order valence-corrected chi connectivity index (χ4v) is 10.3. The van der Waals surface area contributed by atoms with Gasteiger partial charge in [0, 0.05) is 0 Å². The molecule has 0 atom stereocenters. The number of hydrogen-bond acceptors (Lipinski definition) is 2. The van der Waals surface area contributed by atoms with E-state index >= 15 is 0 Å². The maximum absolute atomic E-state index is 2.85. The van der Waals surface area contributed by atoms with Gasteiger partial charge in [0.25, 0.3) is 0 Å². The van der Waals surface area contributed by atoms with Crippen molar-refractivity contribution >= 4 is 8.40 Å². The second-order valence-corrected chi connectivity index (χ2v) is 11.3. The fourth-order valence-electron chi connectivity index (χ4n) is 4.23. The summed E-state index contributed by atoms with van der Waals surface area (Å²) in [5.41, 5.74) is 0. The second-order valence-electron chi connectivity index (χ2n) is 6.88. The molecule has 116 valence electrons. The van der Waals surface area contributed by atoms with Gasteiger partial charge in [-0.2, -0.15) is 0 Å². The normalized spacial score (nSPS) is 13.9. The SMILES string of the molecule is CC[Si](CC)(N(C(C)C)C(C)C)N(C(C)C)C(C)C. The predicted octanol–water partition coefficient (Wildman–Crippen LogP) is 4.71. The lowest BCUT2D eigenvalue weighted by atomic mass is 10.3. The quantitative estimate of drug-likeness (QED) is 0.596. The minimum atomic E-state index is -1.59. The summed E-state index contributed by atoms with van der Waals surface area (Å²) in [7, 11) is -1.59. The molecular formula is C16H38N2Si. The van der Waals surface area contributed by atoms with Gasteiger partial charge in [-0.1, -0.05) is 69.2 Å². The van der Waals surface area contributed by atoms with E-state index in [9.17, 15) is 0 Å². The van der Waals surface area contributed by atoms with Crippen molar-refractivity contribution in [1.29, 1.82) is 0 Å². The molecule has 0 N–H and O–H groups in total. The summed E-state index contributed by atoms with van der Waals surface area (Å²) < 4.78 is 5.71. The third-order valence-corrected chi connectivity index (χ3v) is 10.6. The van der Waals surface area contributed by atoms with E-state index < -0.39 is 8.40 Å². The van der Waals surface area contributed by atoms with Gasteiger partial charge in [-0.25, -0.2) is 0 Å². The summed E-state index contributed by atoms with van der Waals surface area (Å²) in [4.78, 5) is 0. The van der Waals surface area contributed by atoms with E-state index in [1.165, 1.54) is 12.1 Å². The van der Waals surface area contributed by atoms with Crippen molar-refractivity contribution in [3.63, 3.8) is 0 Å². The van der Waals surface area contributed by atoms with E-state index in [0.717, 1.165) is 0 Å². The maximum atomic E-state index is 2.85. The third-order valence-electron chi connectivity index (χ3n) is 4.32. The van der Waals surface area contributed by atoms with Crippen LogP contribution in [0, 0.1) is 0 Å². The Labute approximate surface area is 123 Å². The van der Waals surface area contributed by atoms with E-state index in [0.29, 0.717) is 24.2 Å². The van der Waals surface area contributed by atoms with Crippen LogP contribution >= 0.6 is 0 Å². The highest BCUT2D eigenvalue weighted by Gasteiger charge is 2.46. The maximum Gasteiger partial charge on any atom is 0.207 e. The highest BCUT2D eigenvalue weighted by atomic mass is 28.3. The van der Waals surface area contributed by atoms with Gasteiger partial charge in [0.15, 0.2) is 0 Å². The summed E-state index contributed by atoms with van der Waals surface area (Å²) in [6.45, 7) is 23.8. The molecule has 0 aromatic rings. The summed E-state index contributed by atoms with van der Waals surface area (Å²) in [5.74, 6) is 0. The van der Waals surface area contributed by atoms with Crippen LogP contribution in [-0.4, -0.2) is 41.7 Å². The molecule has 2 nitrogen and oxygen atoms in total.